The SMILES string of the molecule is C[C@H]1CCCN(c2nc(-c3cc(-c4ccon4)n(Cc4ccccc4F)n3)ncc2F)[C@H]1C1=NCN=N1. The normalized spacial score (nSPS) is 19.4. The predicted molar refractivity (Wildman–Crippen MR) is 131 cm³/mol. The van der Waals surface area contributed by atoms with E-state index >= 15 is 4.39 Å². The van der Waals surface area contributed by atoms with Crippen LogP contribution >= 0.6 is 0 Å². The van der Waals surface area contributed by atoms with Crippen LogP contribution in [0.25, 0.3) is 22.9 Å². The number of azo groups is 1. The van der Waals surface area contributed by atoms with Gasteiger partial charge in [-0.05, 0) is 30.9 Å². The standard InChI is InChI=1S/C25H23F2N9O/c1-15-5-4-9-35(22(15)24-29-14-30-32-24)25-18(27)12-28-23(31-25)20-11-21(19-8-10-37-34-19)36(33-20)13-16-6-2-3-7-17(16)26/h2-3,6-8,10-12,15,22H,4-5,9,13-14H2,1H3/t15-,22+/m0/s1. The van der Waals surface area contributed by atoms with Crippen LogP contribution in [0.2, 0.25) is 0 Å². The lowest BCUT2D eigenvalue weighted by Gasteiger charge is -2.39. The van der Waals surface area contributed by atoms with E-state index < -0.39 is 5.82 Å². The van der Waals surface area contributed by atoms with E-state index in [-0.39, 0.29) is 42.6 Å². The molecule has 0 aliphatic carbocycles. The molecule has 2 atom stereocenters. The fourth-order valence-corrected chi connectivity index (χ4v) is 4.88. The molecule has 37 heavy (non-hydrogen) atoms. The Labute approximate surface area is 210 Å². The van der Waals surface area contributed by atoms with E-state index in [1.165, 1.54) is 12.3 Å². The van der Waals surface area contributed by atoms with Crippen LogP contribution < -0.4 is 4.90 Å². The van der Waals surface area contributed by atoms with Gasteiger partial charge >= 0.3 is 0 Å². The third-order valence-corrected chi connectivity index (χ3v) is 6.65. The summed E-state index contributed by atoms with van der Waals surface area (Å²) in [6.07, 6.45) is 4.45. The fraction of sp³-hybridized carbons (Fsp3) is 0.320. The molecule has 6 rings (SSSR count). The molecular formula is C25H23F2N9O. The van der Waals surface area contributed by atoms with E-state index in [0.29, 0.717) is 35.0 Å². The number of amidine groups is 1. The number of benzene rings is 1. The van der Waals surface area contributed by atoms with Crippen molar-refractivity contribution in [1.82, 2.24) is 24.9 Å². The van der Waals surface area contributed by atoms with Crippen LogP contribution in [0.4, 0.5) is 14.6 Å². The summed E-state index contributed by atoms with van der Waals surface area (Å²) in [5, 5.41) is 16.8. The lowest BCUT2D eigenvalue weighted by Crippen LogP contribution is -2.49. The molecule has 3 aromatic heterocycles. The van der Waals surface area contributed by atoms with Crippen molar-refractivity contribution in [2.45, 2.75) is 32.4 Å². The quantitative estimate of drug-likeness (QED) is 0.376. The number of anilines is 1. The van der Waals surface area contributed by atoms with Gasteiger partial charge in [-0.2, -0.15) is 10.2 Å². The molecule has 0 spiro atoms. The lowest BCUT2D eigenvalue weighted by atomic mass is 9.90. The maximum absolute atomic E-state index is 15.1. The van der Waals surface area contributed by atoms with Crippen molar-refractivity contribution in [3.8, 4) is 22.9 Å². The second-order valence-electron chi connectivity index (χ2n) is 9.07. The largest absolute Gasteiger partial charge is 0.364 e. The van der Waals surface area contributed by atoms with Gasteiger partial charge in [-0.25, -0.2) is 23.7 Å². The Hall–Kier alpha value is -4.35. The van der Waals surface area contributed by atoms with E-state index in [9.17, 15) is 4.39 Å². The van der Waals surface area contributed by atoms with E-state index in [1.807, 2.05) is 4.90 Å². The van der Waals surface area contributed by atoms with Gasteiger partial charge < -0.3 is 9.42 Å². The highest BCUT2D eigenvalue weighted by atomic mass is 19.1. The van der Waals surface area contributed by atoms with Crippen molar-refractivity contribution < 1.29 is 13.3 Å². The monoisotopic (exact) mass is 503 g/mol. The van der Waals surface area contributed by atoms with Crippen LogP contribution in [0.5, 0.6) is 0 Å². The number of hydrogen-bond acceptors (Lipinski definition) is 9. The molecule has 5 heterocycles. The Morgan fingerprint density at radius 3 is 2.78 bits per heavy atom. The van der Waals surface area contributed by atoms with Gasteiger partial charge in [0.2, 0.25) is 0 Å². The third kappa shape index (κ3) is 4.39. The minimum atomic E-state index is -0.541. The van der Waals surface area contributed by atoms with E-state index in [0.717, 1.165) is 19.0 Å². The molecule has 10 nitrogen and oxygen atoms in total. The first-order valence-electron chi connectivity index (χ1n) is 12.0. The highest BCUT2D eigenvalue weighted by Crippen LogP contribution is 2.33. The zero-order valence-electron chi connectivity index (χ0n) is 20.0. The number of halogens is 2. The molecule has 4 aromatic rings. The van der Waals surface area contributed by atoms with Gasteiger partial charge in [0.15, 0.2) is 30.0 Å². The van der Waals surface area contributed by atoms with Crippen molar-refractivity contribution >= 4 is 11.7 Å². The van der Waals surface area contributed by atoms with Crippen molar-refractivity contribution in [1.29, 1.82) is 0 Å². The number of hydrogen-bond donors (Lipinski definition) is 0. The van der Waals surface area contributed by atoms with Crippen LogP contribution in [0.15, 0.2) is 68.6 Å². The third-order valence-electron chi connectivity index (χ3n) is 6.65. The molecule has 2 aliphatic rings. The van der Waals surface area contributed by atoms with Gasteiger partial charge in [-0.3, -0.25) is 4.68 Å². The van der Waals surface area contributed by atoms with Gasteiger partial charge in [0.25, 0.3) is 0 Å². The maximum atomic E-state index is 15.1. The summed E-state index contributed by atoms with van der Waals surface area (Å²) in [5.41, 5.74) is 1.97. The topological polar surface area (TPSA) is 110 Å². The van der Waals surface area contributed by atoms with Crippen molar-refractivity contribution in [3.05, 3.63) is 66.1 Å². The average molecular weight is 504 g/mol. The van der Waals surface area contributed by atoms with Gasteiger partial charge in [-0.15, -0.1) is 5.11 Å². The summed E-state index contributed by atoms with van der Waals surface area (Å²) >= 11 is 0. The van der Waals surface area contributed by atoms with Crippen molar-refractivity contribution in [2.75, 3.05) is 18.1 Å². The van der Waals surface area contributed by atoms with Gasteiger partial charge in [0.05, 0.1) is 24.5 Å². The molecule has 1 aromatic carbocycles. The van der Waals surface area contributed by atoms with Crippen LogP contribution in [0.3, 0.4) is 0 Å². The van der Waals surface area contributed by atoms with Crippen LogP contribution in [0, 0.1) is 17.6 Å². The number of nitrogens with zero attached hydrogens (tertiary/aromatic N) is 9. The molecule has 0 unspecified atom stereocenters. The summed E-state index contributed by atoms with van der Waals surface area (Å²) in [5.74, 6) is 0.304. The minimum Gasteiger partial charge on any atom is -0.364 e. The Morgan fingerprint density at radius 2 is 2.00 bits per heavy atom. The molecule has 1 saturated heterocycles. The van der Waals surface area contributed by atoms with Crippen LogP contribution in [-0.2, 0) is 6.54 Å². The highest BCUT2D eigenvalue weighted by molar-refractivity contribution is 5.91. The molecule has 0 saturated carbocycles. The predicted octanol–water partition coefficient (Wildman–Crippen LogP) is 4.75. The minimum absolute atomic E-state index is 0.152. The Balaban J connectivity index is 1.40. The average Bonchev–Trinajstić information content (AvgIpc) is 3.68. The zero-order valence-corrected chi connectivity index (χ0v) is 20.0. The summed E-state index contributed by atoms with van der Waals surface area (Å²) in [6.45, 7) is 3.14. The number of aromatic nitrogens is 5. The van der Waals surface area contributed by atoms with E-state index in [4.69, 9.17) is 4.52 Å². The molecule has 12 heteroatoms. The van der Waals surface area contributed by atoms with Gasteiger partial charge in [-0.1, -0.05) is 30.3 Å². The Kier molecular flexibility index (Phi) is 5.99. The zero-order chi connectivity index (χ0) is 25.4. The molecule has 0 bridgehead atoms. The van der Waals surface area contributed by atoms with E-state index in [1.54, 1.807) is 35.0 Å². The summed E-state index contributed by atoms with van der Waals surface area (Å²) < 4.78 is 36.2. The molecule has 188 valence electrons. The number of piperidine rings is 1. The lowest BCUT2D eigenvalue weighted by molar-refractivity contribution is 0.395. The second kappa shape index (κ2) is 9.60. The van der Waals surface area contributed by atoms with Crippen molar-refractivity contribution in [2.24, 2.45) is 21.1 Å². The van der Waals surface area contributed by atoms with Gasteiger partial charge in [0, 0.05) is 18.2 Å². The molecule has 0 N–H and O–H groups in total. The molecule has 2 aliphatic heterocycles. The van der Waals surface area contributed by atoms with Gasteiger partial charge in [0.1, 0.15) is 23.5 Å². The summed E-state index contributed by atoms with van der Waals surface area (Å²) in [4.78, 5) is 15.1. The molecule has 1 fully saturated rings. The Bertz CT molecular complexity index is 1480. The first-order valence-corrected chi connectivity index (χ1v) is 12.0. The highest BCUT2D eigenvalue weighted by Gasteiger charge is 2.36. The first-order chi connectivity index (χ1) is 18.1. The smallest absolute Gasteiger partial charge is 0.183 e. The van der Waals surface area contributed by atoms with Crippen molar-refractivity contribution in [3.63, 3.8) is 0 Å². The molecular weight excluding hydrogens is 480 g/mol. The molecule has 0 radical (unpaired) electrons. The first kappa shape index (κ1) is 23.1. The van der Waals surface area contributed by atoms with Crippen LogP contribution in [-0.4, -0.2) is 50.0 Å². The summed E-state index contributed by atoms with van der Waals surface area (Å²) in [6, 6.07) is 9.67. The maximum Gasteiger partial charge on any atom is 0.183 e. The van der Waals surface area contributed by atoms with Crippen LogP contribution in [0.1, 0.15) is 25.3 Å². The Morgan fingerprint density at radius 1 is 1.11 bits per heavy atom. The number of aliphatic imine (C=N–C) groups is 1. The fourth-order valence-electron chi connectivity index (χ4n) is 4.88. The second-order valence-corrected chi connectivity index (χ2v) is 9.07. The summed E-state index contributed by atoms with van der Waals surface area (Å²) in [7, 11) is 0. The van der Waals surface area contributed by atoms with E-state index in [2.05, 4.69) is 42.4 Å². The molecule has 0 amide bonds. The number of rotatable bonds is 6.